The van der Waals surface area contributed by atoms with Crippen molar-refractivity contribution in [3.8, 4) is 5.75 Å². The fourth-order valence-electron chi connectivity index (χ4n) is 4.98. The number of carbonyl (C=O) groups excluding carboxylic acids is 2. The molecule has 1 atom stereocenters. The van der Waals surface area contributed by atoms with Crippen molar-refractivity contribution in [1.82, 2.24) is 10.2 Å². The number of Topliss-reactive ketones (excluding diaryl/α,β-unsaturated/α-hetero) is 1. The molecule has 2 aliphatic rings. The third kappa shape index (κ3) is 6.84. The van der Waals surface area contributed by atoms with Gasteiger partial charge in [-0.15, -0.1) is 0 Å². The summed E-state index contributed by atoms with van der Waals surface area (Å²) in [7, 11) is 0. The fraction of sp³-hybridized carbons (Fsp3) is 0.464. The molecule has 2 fully saturated rings. The molecule has 7 nitrogen and oxygen atoms in total. The Bertz CT molecular complexity index is 1000. The van der Waals surface area contributed by atoms with Crippen molar-refractivity contribution in [2.24, 2.45) is 5.92 Å². The zero-order chi connectivity index (χ0) is 24.6. The lowest BCUT2D eigenvalue weighted by molar-refractivity contribution is -0.143. The van der Waals surface area contributed by atoms with Gasteiger partial charge in [-0.25, -0.2) is 4.79 Å². The van der Waals surface area contributed by atoms with Crippen LogP contribution >= 0.6 is 0 Å². The summed E-state index contributed by atoms with van der Waals surface area (Å²) >= 11 is 0. The maximum absolute atomic E-state index is 12.5. The van der Waals surface area contributed by atoms with E-state index in [1.165, 1.54) is 5.56 Å². The van der Waals surface area contributed by atoms with Gasteiger partial charge in [0.1, 0.15) is 5.75 Å². The molecular weight excluding hydrogens is 444 g/mol. The monoisotopic (exact) mass is 478 g/mol. The molecule has 186 valence electrons. The number of nitrogens with zero attached hydrogens (tertiary/aromatic N) is 1. The molecule has 4 rings (SSSR count). The molecule has 35 heavy (non-hydrogen) atoms. The second-order valence-corrected chi connectivity index (χ2v) is 9.56. The highest BCUT2D eigenvalue weighted by Gasteiger charge is 2.28. The minimum Gasteiger partial charge on any atom is -0.490 e. The number of amides is 2. The Balaban J connectivity index is 1.14. The van der Waals surface area contributed by atoms with E-state index in [0.29, 0.717) is 49.5 Å². The molecule has 2 amide bonds. The third-order valence-electron chi connectivity index (χ3n) is 7.11. The van der Waals surface area contributed by atoms with Gasteiger partial charge in [0.15, 0.2) is 5.78 Å². The fourth-order valence-corrected chi connectivity index (χ4v) is 4.98. The largest absolute Gasteiger partial charge is 0.490 e. The number of benzene rings is 2. The van der Waals surface area contributed by atoms with E-state index in [-0.39, 0.29) is 23.8 Å². The number of rotatable bonds is 9. The van der Waals surface area contributed by atoms with E-state index in [1.54, 1.807) is 24.3 Å². The maximum Gasteiger partial charge on any atom is 0.317 e. The zero-order valence-corrected chi connectivity index (χ0v) is 20.0. The van der Waals surface area contributed by atoms with Crippen LogP contribution in [0.3, 0.4) is 0 Å². The normalized spacial score (nSPS) is 21.9. The molecule has 0 radical (unpaired) electrons. The first-order valence-corrected chi connectivity index (χ1v) is 12.6. The Hall–Kier alpha value is -3.35. The van der Waals surface area contributed by atoms with Crippen LogP contribution in [0.5, 0.6) is 5.75 Å². The maximum atomic E-state index is 12.5. The number of urea groups is 1. The summed E-state index contributed by atoms with van der Waals surface area (Å²) in [6.45, 7) is 1.95. The third-order valence-corrected chi connectivity index (χ3v) is 7.11. The van der Waals surface area contributed by atoms with E-state index in [2.05, 4.69) is 17.4 Å². The van der Waals surface area contributed by atoms with Crippen LogP contribution in [0.1, 0.15) is 66.8 Å². The van der Waals surface area contributed by atoms with Gasteiger partial charge in [-0.1, -0.05) is 30.3 Å². The summed E-state index contributed by atoms with van der Waals surface area (Å²) in [5.41, 5.74) is 1.90. The van der Waals surface area contributed by atoms with Crippen molar-refractivity contribution in [2.75, 3.05) is 19.6 Å². The molecule has 0 bridgehead atoms. The van der Waals surface area contributed by atoms with E-state index in [1.807, 2.05) is 23.1 Å². The van der Waals surface area contributed by atoms with Gasteiger partial charge in [-0.05, 0) is 68.4 Å². The second-order valence-electron chi connectivity index (χ2n) is 9.56. The predicted octanol–water partition coefficient (Wildman–Crippen LogP) is 4.87. The molecule has 0 aromatic heterocycles. The Kier molecular flexibility index (Phi) is 8.40. The average molecular weight is 479 g/mol. The standard InChI is InChI=1S/C28H34N2O5/c31-26(21-8-12-24(13-9-21)35-25-14-10-22(11-15-25)27(32)33)7-4-17-29-28(34)30-18-16-23(19-30)20-5-2-1-3-6-20/h1-3,5-6,8-9,12-13,22-23,25H,4,7,10-11,14-19H2,(H,29,34)(H,32,33). The van der Waals surface area contributed by atoms with Gasteiger partial charge in [0, 0.05) is 37.5 Å². The van der Waals surface area contributed by atoms with Gasteiger partial charge < -0.3 is 20.1 Å². The van der Waals surface area contributed by atoms with Crippen LogP contribution in [-0.4, -0.2) is 53.5 Å². The Morgan fingerprint density at radius 2 is 1.66 bits per heavy atom. The van der Waals surface area contributed by atoms with Gasteiger partial charge in [-0.2, -0.15) is 0 Å². The first-order valence-electron chi connectivity index (χ1n) is 12.6. The second kappa shape index (κ2) is 11.9. The van der Waals surface area contributed by atoms with Crippen molar-refractivity contribution in [3.05, 3.63) is 65.7 Å². The summed E-state index contributed by atoms with van der Waals surface area (Å²) in [6, 6.07) is 17.4. The van der Waals surface area contributed by atoms with Gasteiger partial charge in [0.2, 0.25) is 0 Å². The summed E-state index contributed by atoms with van der Waals surface area (Å²) in [4.78, 5) is 37.9. The number of carboxylic acids is 1. The predicted molar refractivity (Wildman–Crippen MR) is 133 cm³/mol. The van der Waals surface area contributed by atoms with Crippen LogP contribution in [0.4, 0.5) is 4.79 Å². The lowest BCUT2D eigenvalue weighted by Gasteiger charge is -2.26. The van der Waals surface area contributed by atoms with Gasteiger partial charge in [0.05, 0.1) is 12.0 Å². The molecular formula is C28H34N2O5. The number of likely N-dealkylation sites (tertiary alicyclic amines) is 1. The van der Waals surface area contributed by atoms with Crippen molar-refractivity contribution in [1.29, 1.82) is 0 Å². The summed E-state index contributed by atoms with van der Waals surface area (Å²) in [5.74, 6) is 0.139. The van der Waals surface area contributed by atoms with Crippen LogP contribution in [0.15, 0.2) is 54.6 Å². The van der Waals surface area contributed by atoms with Crippen molar-refractivity contribution in [3.63, 3.8) is 0 Å². The molecule has 7 heteroatoms. The van der Waals surface area contributed by atoms with Crippen LogP contribution in [0, 0.1) is 5.92 Å². The SMILES string of the molecule is O=C(CCCNC(=O)N1CCC(c2ccccc2)C1)c1ccc(OC2CCC(C(=O)O)CC2)cc1. The molecule has 1 saturated heterocycles. The number of ether oxygens (including phenoxy) is 1. The minimum atomic E-state index is -0.723. The molecule has 2 aromatic rings. The van der Waals surface area contributed by atoms with E-state index in [9.17, 15) is 14.4 Å². The lowest BCUT2D eigenvalue weighted by atomic mass is 9.87. The Labute approximate surface area is 206 Å². The highest BCUT2D eigenvalue weighted by Crippen LogP contribution is 2.28. The van der Waals surface area contributed by atoms with E-state index < -0.39 is 5.97 Å². The Morgan fingerprint density at radius 3 is 2.34 bits per heavy atom. The van der Waals surface area contributed by atoms with Crippen LogP contribution in [0.2, 0.25) is 0 Å². The lowest BCUT2D eigenvalue weighted by Crippen LogP contribution is -2.38. The van der Waals surface area contributed by atoms with E-state index in [0.717, 1.165) is 32.4 Å². The van der Waals surface area contributed by atoms with Crippen LogP contribution in [0.25, 0.3) is 0 Å². The highest BCUT2D eigenvalue weighted by molar-refractivity contribution is 5.96. The summed E-state index contributed by atoms with van der Waals surface area (Å²) in [6.07, 6.45) is 4.68. The van der Waals surface area contributed by atoms with Gasteiger partial charge >= 0.3 is 12.0 Å². The molecule has 1 heterocycles. The van der Waals surface area contributed by atoms with Crippen molar-refractivity contribution in [2.45, 2.75) is 57.0 Å². The molecule has 2 N–H and O–H groups in total. The number of ketones is 1. The topological polar surface area (TPSA) is 95.9 Å². The first-order chi connectivity index (χ1) is 17.0. The minimum absolute atomic E-state index is 0.0225. The summed E-state index contributed by atoms with van der Waals surface area (Å²) < 4.78 is 5.97. The number of carboxylic acid groups (broad SMARTS) is 1. The van der Waals surface area contributed by atoms with Gasteiger partial charge in [0.25, 0.3) is 0 Å². The van der Waals surface area contributed by atoms with Crippen LogP contribution < -0.4 is 10.1 Å². The van der Waals surface area contributed by atoms with Crippen LogP contribution in [-0.2, 0) is 4.79 Å². The molecule has 1 saturated carbocycles. The Morgan fingerprint density at radius 1 is 0.943 bits per heavy atom. The van der Waals surface area contributed by atoms with E-state index in [4.69, 9.17) is 9.84 Å². The zero-order valence-electron chi connectivity index (χ0n) is 20.0. The van der Waals surface area contributed by atoms with Crippen molar-refractivity contribution < 1.29 is 24.2 Å². The quantitative estimate of drug-likeness (QED) is 0.396. The molecule has 2 aromatic carbocycles. The number of hydrogen-bond acceptors (Lipinski definition) is 4. The number of hydrogen-bond donors (Lipinski definition) is 2. The molecule has 1 unspecified atom stereocenters. The first kappa shape index (κ1) is 24.8. The van der Waals surface area contributed by atoms with Crippen molar-refractivity contribution >= 4 is 17.8 Å². The van der Waals surface area contributed by atoms with Gasteiger partial charge in [-0.3, -0.25) is 9.59 Å². The number of nitrogens with one attached hydrogen (secondary N) is 1. The van der Waals surface area contributed by atoms with E-state index >= 15 is 0 Å². The molecule has 1 aliphatic heterocycles. The highest BCUT2D eigenvalue weighted by atomic mass is 16.5. The molecule has 1 aliphatic carbocycles. The number of carbonyl (C=O) groups is 3. The molecule has 0 spiro atoms. The summed E-state index contributed by atoms with van der Waals surface area (Å²) in [5, 5.41) is 12.1. The smallest absolute Gasteiger partial charge is 0.317 e. The number of aliphatic carboxylic acids is 1. The average Bonchev–Trinajstić information content (AvgIpc) is 3.38.